The van der Waals surface area contributed by atoms with Crippen LogP contribution in [0, 0.1) is 0 Å². The second kappa shape index (κ2) is 2.54. The zero-order valence-electron chi connectivity index (χ0n) is 4.53. The van der Waals surface area contributed by atoms with Crippen molar-refractivity contribution in [1.29, 1.82) is 0 Å². The summed E-state index contributed by atoms with van der Waals surface area (Å²) in [6.07, 6.45) is 0. The Hall–Kier alpha value is -0.280. The lowest BCUT2D eigenvalue weighted by molar-refractivity contribution is 0.492. The van der Waals surface area contributed by atoms with E-state index < -0.39 is 6.67 Å². The van der Waals surface area contributed by atoms with Crippen molar-refractivity contribution in [3.8, 4) is 0 Å². The zero-order valence-corrected chi connectivity index (χ0v) is 6.10. The number of hydrogen-bond acceptors (Lipinski definition) is 2. The number of thiophene rings is 1. The zero-order chi connectivity index (χ0) is 6.85. The van der Waals surface area contributed by atoms with Crippen molar-refractivity contribution in [1.82, 2.24) is 0 Å². The minimum atomic E-state index is -0.525. The number of hydrogen-bond donors (Lipinski definition) is 1. The van der Waals surface area contributed by atoms with Crippen molar-refractivity contribution in [2.45, 2.75) is 6.67 Å². The first-order valence-electron chi connectivity index (χ1n) is 2.33. The molecule has 0 bridgehead atoms. The van der Waals surface area contributed by atoms with E-state index in [0.29, 0.717) is 15.6 Å². The second-order valence-electron chi connectivity index (χ2n) is 1.55. The van der Waals surface area contributed by atoms with Gasteiger partial charge in [0.2, 0.25) is 0 Å². The van der Waals surface area contributed by atoms with Gasteiger partial charge in [0, 0.05) is 5.38 Å². The van der Waals surface area contributed by atoms with Crippen molar-refractivity contribution >= 4 is 28.6 Å². The highest BCUT2D eigenvalue weighted by molar-refractivity contribution is 7.11. The number of alkyl halides is 1. The summed E-state index contributed by atoms with van der Waals surface area (Å²) in [6, 6.07) is 0. The molecule has 1 aromatic rings. The molecule has 0 fully saturated rings. The number of nitrogen functional groups attached to an aromatic ring is 1. The van der Waals surface area contributed by atoms with Crippen molar-refractivity contribution in [3.63, 3.8) is 0 Å². The monoisotopic (exact) mass is 165 g/mol. The van der Waals surface area contributed by atoms with Gasteiger partial charge in [-0.15, -0.1) is 11.3 Å². The fourth-order valence-electron chi connectivity index (χ4n) is 0.487. The summed E-state index contributed by atoms with van der Waals surface area (Å²) in [5.41, 5.74) is 5.73. The van der Waals surface area contributed by atoms with Crippen LogP contribution >= 0.6 is 22.9 Å². The Morgan fingerprint density at radius 3 is 2.67 bits per heavy atom. The van der Waals surface area contributed by atoms with Crippen LogP contribution in [0.4, 0.5) is 10.1 Å². The van der Waals surface area contributed by atoms with Crippen molar-refractivity contribution in [2.24, 2.45) is 0 Å². The quantitative estimate of drug-likeness (QED) is 0.680. The minimum absolute atomic E-state index is 0.379. The van der Waals surface area contributed by atoms with Gasteiger partial charge in [0.05, 0.1) is 15.6 Å². The number of rotatable bonds is 1. The molecular formula is C5H5ClFNS. The molecule has 1 aromatic heterocycles. The van der Waals surface area contributed by atoms with E-state index in [9.17, 15) is 4.39 Å². The van der Waals surface area contributed by atoms with Gasteiger partial charge in [0.1, 0.15) is 6.67 Å². The van der Waals surface area contributed by atoms with E-state index in [-0.39, 0.29) is 0 Å². The lowest BCUT2D eigenvalue weighted by Gasteiger charge is -1.88. The molecule has 0 radical (unpaired) electrons. The second-order valence-corrected chi connectivity index (χ2v) is 2.93. The molecule has 2 N–H and O–H groups in total. The summed E-state index contributed by atoms with van der Waals surface area (Å²) < 4.78 is 11.9. The van der Waals surface area contributed by atoms with Crippen LogP contribution in [0.3, 0.4) is 0 Å². The molecular weight excluding hydrogens is 161 g/mol. The van der Waals surface area contributed by atoms with Gasteiger partial charge < -0.3 is 5.73 Å². The third kappa shape index (κ3) is 1.17. The Morgan fingerprint density at radius 2 is 2.44 bits per heavy atom. The van der Waals surface area contributed by atoms with Gasteiger partial charge in [-0.25, -0.2) is 4.39 Å². The van der Waals surface area contributed by atoms with Gasteiger partial charge in [-0.1, -0.05) is 11.6 Å². The molecule has 0 saturated heterocycles. The lowest BCUT2D eigenvalue weighted by atomic mass is 10.4. The van der Waals surface area contributed by atoms with Gasteiger partial charge in [0.15, 0.2) is 0 Å². The van der Waals surface area contributed by atoms with Crippen LogP contribution in [0.15, 0.2) is 5.38 Å². The number of nitrogens with two attached hydrogens (primary N) is 1. The highest BCUT2D eigenvalue weighted by Crippen LogP contribution is 2.29. The third-order valence-corrected chi connectivity index (χ3v) is 2.39. The lowest BCUT2D eigenvalue weighted by Crippen LogP contribution is -1.85. The maximum absolute atomic E-state index is 11.9. The van der Waals surface area contributed by atoms with Crippen LogP contribution in [0.1, 0.15) is 4.88 Å². The first kappa shape index (κ1) is 6.83. The molecule has 0 saturated carbocycles. The SMILES string of the molecule is Nc1c(Cl)csc1CF. The van der Waals surface area contributed by atoms with Crippen LogP contribution in [0.5, 0.6) is 0 Å². The molecule has 4 heteroatoms. The van der Waals surface area contributed by atoms with E-state index >= 15 is 0 Å². The topological polar surface area (TPSA) is 26.0 Å². The van der Waals surface area contributed by atoms with E-state index in [2.05, 4.69) is 0 Å². The van der Waals surface area contributed by atoms with Crippen molar-refractivity contribution in [3.05, 3.63) is 15.3 Å². The predicted molar refractivity (Wildman–Crippen MR) is 38.6 cm³/mol. The standard InChI is InChI=1S/C5H5ClFNS/c6-3-2-9-4(1-7)5(3)8/h2H,1,8H2. The summed E-state index contributed by atoms with van der Waals surface area (Å²) in [5, 5.41) is 2.08. The minimum Gasteiger partial charge on any atom is -0.397 e. The highest BCUT2D eigenvalue weighted by Gasteiger charge is 2.04. The van der Waals surface area contributed by atoms with Crippen LogP contribution in [0.2, 0.25) is 5.02 Å². The van der Waals surface area contributed by atoms with Crippen LogP contribution in [-0.4, -0.2) is 0 Å². The normalized spacial score (nSPS) is 10.0. The summed E-state index contributed by atoms with van der Waals surface area (Å²) >= 11 is 6.77. The fourth-order valence-corrected chi connectivity index (χ4v) is 1.46. The molecule has 1 nitrogen and oxygen atoms in total. The molecule has 9 heavy (non-hydrogen) atoms. The van der Waals surface area contributed by atoms with Gasteiger partial charge in [-0.2, -0.15) is 0 Å². The summed E-state index contributed by atoms with van der Waals surface area (Å²) in [6.45, 7) is -0.525. The average Bonchev–Trinajstić information content (AvgIpc) is 2.15. The van der Waals surface area contributed by atoms with Gasteiger partial charge in [0.25, 0.3) is 0 Å². The largest absolute Gasteiger partial charge is 0.397 e. The predicted octanol–water partition coefficient (Wildman–Crippen LogP) is 2.45. The summed E-state index contributed by atoms with van der Waals surface area (Å²) in [4.78, 5) is 0.514. The first-order chi connectivity index (χ1) is 4.25. The van der Waals surface area contributed by atoms with Crippen molar-refractivity contribution < 1.29 is 4.39 Å². The van der Waals surface area contributed by atoms with Gasteiger partial charge in [-0.05, 0) is 0 Å². The Kier molecular flexibility index (Phi) is 1.93. The summed E-state index contributed by atoms with van der Waals surface area (Å²) in [7, 11) is 0. The van der Waals surface area contributed by atoms with Crippen LogP contribution in [-0.2, 0) is 6.67 Å². The number of halogens is 2. The Bertz CT molecular complexity index is 211. The van der Waals surface area contributed by atoms with E-state index in [4.69, 9.17) is 17.3 Å². The molecule has 0 amide bonds. The number of anilines is 1. The third-order valence-electron chi connectivity index (χ3n) is 0.984. The highest BCUT2D eigenvalue weighted by atomic mass is 35.5. The van der Waals surface area contributed by atoms with E-state index in [1.54, 1.807) is 5.38 Å². The molecule has 1 rings (SSSR count). The van der Waals surface area contributed by atoms with Crippen molar-refractivity contribution in [2.75, 3.05) is 5.73 Å². The molecule has 0 aliphatic heterocycles. The molecule has 0 aliphatic rings. The molecule has 0 aliphatic carbocycles. The maximum atomic E-state index is 11.9. The van der Waals surface area contributed by atoms with Gasteiger partial charge in [-0.3, -0.25) is 0 Å². The average molecular weight is 166 g/mol. The Balaban J connectivity index is 3.04. The maximum Gasteiger partial charge on any atom is 0.126 e. The molecule has 0 atom stereocenters. The van der Waals surface area contributed by atoms with Crippen LogP contribution in [0.25, 0.3) is 0 Å². The fraction of sp³-hybridized carbons (Fsp3) is 0.200. The summed E-state index contributed by atoms with van der Waals surface area (Å²) in [5.74, 6) is 0. The Labute approximate surface area is 61.2 Å². The molecule has 0 spiro atoms. The van der Waals surface area contributed by atoms with E-state index in [1.165, 1.54) is 11.3 Å². The van der Waals surface area contributed by atoms with E-state index in [1.807, 2.05) is 0 Å². The van der Waals surface area contributed by atoms with E-state index in [0.717, 1.165) is 0 Å². The Morgan fingerprint density at radius 1 is 1.78 bits per heavy atom. The molecule has 0 aromatic carbocycles. The first-order valence-corrected chi connectivity index (χ1v) is 3.58. The molecule has 50 valence electrons. The molecule has 0 unspecified atom stereocenters. The van der Waals surface area contributed by atoms with Crippen LogP contribution < -0.4 is 5.73 Å². The van der Waals surface area contributed by atoms with Gasteiger partial charge >= 0.3 is 0 Å². The smallest absolute Gasteiger partial charge is 0.126 e. The molecule has 1 heterocycles.